The summed E-state index contributed by atoms with van der Waals surface area (Å²) in [5.74, 6) is 3.03. The van der Waals surface area contributed by atoms with Crippen molar-refractivity contribution in [1.29, 1.82) is 0 Å². The Labute approximate surface area is 128 Å². The lowest BCUT2D eigenvalue weighted by Gasteiger charge is -2.58. The first-order valence-electron chi connectivity index (χ1n) is 9.03. The second kappa shape index (κ2) is 4.43. The molecule has 0 saturated heterocycles. The number of Topliss-reactive ketones (excluding diaryl/α,β-unsaturated/α-hetero) is 2. The lowest BCUT2D eigenvalue weighted by molar-refractivity contribution is -0.155. The molecule has 0 bridgehead atoms. The topological polar surface area (TPSA) is 34.1 Å². The molecule has 0 amide bonds. The Hall–Kier alpha value is -0.660. The average molecular weight is 288 g/mol. The van der Waals surface area contributed by atoms with Crippen molar-refractivity contribution < 1.29 is 9.59 Å². The van der Waals surface area contributed by atoms with Crippen molar-refractivity contribution in [3.8, 4) is 0 Å². The van der Waals surface area contributed by atoms with Crippen LogP contribution in [0.4, 0.5) is 0 Å². The summed E-state index contributed by atoms with van der Waals surface area (Å²) in [6.45, 7) is 4.61. The van der Waals surface area contributed by atoms with Crippen LogP contribution in [0.3, 0.4) is 0 Å². The van der Waals surface area contributed by atoms with E-state index in [1.807, 2.05) is 0 Å². The first-order chi connectivity index (χ1) is 9.97. The molecule has 0 aromatic carbocycles. The first kappa shape index (κ1) is 14.0. The average Bonchev–Trinajstić information content (AvgIpc) is 2.75. The SMILES string of the molecule is C[C@@]12CCCC[C@@H]1C(=O)C[C@H]1[C@H]2CC[C@]2(C)C(=O)CC[C@H]12. The van der Waals surface area contributed by atoms with Gasteiger partial charge in [-0.1, -0.05) is 26.7 Å². The van der Waals surface area contributed by atoms with E-state index in [0.717, 1.165) is 32.1 Å². The lowest BCUT2D eigenvalue weighted by atomic mass is 9.45. The van der Waals surface area contributed by atoms with Crippen molar-refractivity contribution in [3.63, 3.8) is 0 Å². The molecule has 6 atom stereocenters. The first-order valence-corrected chi connectivity index (χ1v) is 9.03. The van der Waals surface area contributed by atoms with Crippen LogP contribution in [0.25, 0.3) is 0 Å². The van der Waals surface area contributed by atoms with E-state index in [-0.39, 0.29) is 10.8 Å². The molecule has 0 aromatic rings. The summed E-state index contributed by atoms with van der Waals surface area (Å²) in [6, 6.07) is 0. The number of hydrogen-bond acceptors (Lipinski definition) is 2. The maximum atomic E-state index is 12.8. The van der Waals surface area contributed by atoms with Gasteiger partial charge in [0.05, 0.1) is 0 Å². The molecule has 0 N–H and O–H groups in total. The van der Waals surface area contributed by atoms with E-state index in [1.165, 1.54) is 25.7 Å². The van der Waals surface area contributed by atoms with E-state index in [2.05, 4.69) is 13.8 Å². The highest BCUT2D eigenvalue weighted by atomic mass is 16.1. The Morgan fingerprint density at radius 2 is 1.76 bits per heavy atom. The molecule has 4 saturated carbocycles. The van der Waals surface area contributed by atoms with Gasteiger partial charge in [-0.2, -0.15) is 0 Å². The Balaban J connectivity index is 1.71. The predicted octanol–water partition coefficient (Wildman–Crippen LogP) is 4.17. The predicted molar refractivity (Wildman–Crippen MR) is 81.7 cm³/mol. The molecule has 0 unspecified atom stereocenters. The van der Waals surface area contributed by atoms with Crippen LogP contribution in [0.15, 0.2) is 0 Å². The standard InChI is InChI=1S/C19H28O2/c1-18-9-4-3-5-15(18)16(20)11-12-13-6-7-17(21)19(13,2)10-8-14(12)18/h12-15H,3-11H2,1-2H3/t12-,13-,14-,15-,18+,19+/m1/s1. The van der Waals surface area contributed by atoms with Crippen LogP contribution < -0.4 is 0 Å². The van der Waals surface area contributed by atoms with Gasteiger partial charge in [0.25, 0.3) is 0 Å². The van der Waals surface area contributed by atoms with E-state index in [9.17, 15) is 9.59 Å². The fraction of sp³-hybridized carbons (Fsp3) is 0.895. The monoisotopic (exact) mass is 288 g/mol. The Bertz CT molecular complexity index is 496. The summed E-state index contributed by atoms with van der Waals surface area (Å²) < 4.78 is 0. The Kier molecular flexibility index (Phi) is 2.94. The molecule has 2 heteroatoms. The molecule has 0 aliphatic heterocycles. The van der Waals surface area contributed by atoms with Crippen LogP contribution in [0.5, 0.6) is 0 Å². The molecule has 0 heterocycles. The third-order valence-electron chi connectivity index (χ3n) is 8.07. The van der Waals surface area contributed by atoms with Gasteiger partial charge in [-0.15, -0.1) is 0 Å². The molecule has 2 nitrogen and oxygen atoms in total. The molecule has 4 rings (SSSR count). The minimum absolute atomic E-state index is 0.0979. The van der Waals surface area contributed by atoms with Crippen LogP contribution >= 0.6 is 0 Å². The number of fused-ring (bicyclic) bond motifs is 5. The highest BCUT2D eigenvalue weighted by Crippen LogP contribution is 2.64. The van der Waals surface area contributed by atoms with Crippen LogP contribution in [-0.2, 0) is 9.59 Å². The molecule has 4 fully saturated rings. The van der Waals surface area contributed by atoms with Gasteiger partial charge in [0.2, 0.25) is 0 Å². The third kappa shape index (κ3) is 1.71. The van der Waals surface area contributed by atoms with E-state index in [1.54, 1.807) is 0 Å². The van der Waals surface area contributed by atoms with Gasteiger partial charge < -0.3 is 0 Å². The number of carbonyl (C=O) groups is 2. The zero-order valence-electron chi connectivity index (χ0n) is 13.5. The number of rotatable bonds is 0. The molecule has 4 aliphatic rings. The van der Waals surface area contributed by atoms with Gasteiger partial charge in [0, 0.05) is 24.2 Å². The van der Waals surface area contributed by atoms with E-state index in [0.29, 0.717) is 35.2 Å². The zero-order valence-corrected chi connectivity index (χ0v) is 13.5. The van der Waals surface area contributed by atoms with Crippen molar-refractivity contribution >= 4 is 11.6 Å². The maximum Gasteiger partial charge on any atom is 0.139 e. The van der Waals surface area contributed by atoms with Crippen LogP contribution in [0, 0.1) is 34.5 Å². The minimum Gasteiger partial charge on any atom is -0.299 e. The van der Waals surface area contributed by atoms with Gasteiger partial charge in [-0.25, -0.2) is 0 Å². The summed E-state index contributed by atoms with van der Waals surface area (Å²) in [4.78, 5) is 25.1. The van der Waals surface area contributed by atoms with Crippen LogP contribution in [0.1, 0.15) is 71.6 Å². The van der Waals surface area contributed by atoms with Crippen molar-refractivity contribution in [2.24, 2.45) is 34.5 Å². The van der Waals surface area contributed by atoms with Gasteiger partial charge in [-0.3, -0.25) is 9.59 Å². The lowest BCUT2D eigenvalue weighted by Crippen LogP contribution is -2.55. The summed E-state index contributed by atoms with van der Waals surface area (Å²) in [5.41, 5.74) is 0.143. The van der Waals surface area contributed by atoms with E-state index >= 15 is 0 Å². The molecule has 0 spiro atoms. The summed E-state index contributed by atoms with van der Waals surface area (Å²) in [6.07, 6.45) is 9.74. The van der Waals surface area contributed by atoms with Crippen LogP contribution in [-0.4, -0.2) is 11.6 Å². The summed E-state index contributed by atoms with van der Waals surface area (Å²) >= 11 is 0. The smallest absolute Gasteiger partial charge is 0.139 e. The van der Waals surface area contributed by atoms with Gasteiger partial charge in [0.15, 0.2) is 0 Å². The number of ketones is 2. The summed E-state index contributed by atoms with van der Waals surface area (Å²) in [7, 11) is 0. The molecular formula is C19H28O2. The van der Waals surface area contributed by atoms with Crippen molar-refractivity contribution in [2.75, 3.05) is 0 Å². The molecule has 116 valence electrons. The Morgan fingerprint density at radius 1 is 0.952 bits per heavy atom. The van der Waals surface area contributed by atoms with Gasteiger partial charge in [0.1, 0.15) is 11.6 Å². The third-order valence-corrected chi connectivity index (χ3v) is 8.07. The molecule has 0 radical (unpaired) electrons. The van der Waals surface area contributed by atoms with Crippen LogP contribution in [0.2, 0.25) is 0 Å². The highest BCUT2D eigenvalue weighted by molar-refractivity contribution is 5.88. The quantitative estimate of drug-likeness (QED) is 0.670. The van der Waals surface area contributed by atoms with E-state index in [4.69, 9.17) is 0 Å². The second-order valence-corrected chi connectivity index (χ2v) is 8.77. The van der Waals surface area contributed by atoms with Crippen molar-refractivity contribution in [1.82, 2.24) is 0 Å². The summed E-state index contributed by atoms with van der Waals surface area (Å²) in [5, 5.41) is 0. The highest BCUT2D eigenvalue weighted by Gasteiger charge is 2.61. The fourth-order valence-corrected chi connectivity index (χ4v) is 6.87. The van der Waals surface area contributed by atoms with Crippen molar-refractivity contribution in [3.05, 3.63) is 0 Å². The minimum atomic E-state index is -0.0979. The zero-order chi connectivity index (χ0) is 14.8. The fourth-order valence-electron chi connectivity index (χ4n) is 6.87. The molecule has 0 aromatic heterocycles. The maximum absolute atomic E-state index is 12.8. The Morgan fingerprint density at radius 3 is 2.57 bits per heavy atom. The number of carbonyl (C=O) groups excluding carboxylic acids is 2. The largest absolute Gasteiger partial charge is 0.299 e. The number of hydrogen-bond donors (Lipinski definition) is 0. The van der Waals surface area contributed by atoms with Crippen molar-refractivity contribution in [2.45, 2.75) is 71.6 Å². The molecule has 4 aliphatic carbocycles. The second-order valence-electron chi connectivity index (χ2n) is 8.77. The molecule has 21 heavy (non-hydrogen) atoms. The normalized spacial score (nSPS) is 53.0. The van der Waals surface area contributed by atoms with E-state index < -0.39 is 0 Å². The van der Waals surface area contributed by atoms with Gasteiger partial charge >= 0.3 is 0 Å². The molecular weight excluding hydrogens is 260 g/mol. The van der Waals surface area contributed by atoms with Gasteiger partial charge in [-0.05, 0) is 55.3 Å².